The number of rotatable bonds is 8. The van der Waals surface area contributed by atoms with Gasteiger partial charge in [-0.3, -0.25) is 15.1 Å². The minimum Gasteiger partial charge on any atom is -0.385 e. The first-order valence-corrected chi connectivity index (χ1v) is 6.08. The SMILES string of the molecule is COCCCN=C(NN)Nc1cnn(CCOC)c1. The van der Waals surface area contributed by atoms with E-state index in [1.807, 2.05) is 6.20 Å². The van der Waals surface area contributed by atoms with E-state index in [0.29, 0.717) is 32.3 Å². The highest BCUT2D eigenvalue weighted by molar-refractivity contribution is 5.92. The number of anilines is 1. The molecule has 0 saturated carbocycles. The lowest BCUT2D eigenvalue weighted by Crippen LogP contribution is -2.36. The van der Waals surface area contributed by atoms with E-state index in [0.717, 1.165) is 12.1 Å². The lowest BCUT2D eigenvalue weighted by atomic mass is 10.5. The highest BCUT2D eigenvalue weighted by atomic mass is 16.5. The number of methoxy groups -OCH3 is 2. The topological polar surface area (TPSA) is 98.7 Å². The lowest BCUT2D eigenvalue weighted by molar-refractivity contribution is 0.183. The molecule has 1 aromatic heterocycles. The molecule has 0 fully saturated rings. The van der Waals surface area contributed by atoms with Crippen molar-refractivity contribution in [3.63, 3.8) is 0 Å². The molecule has 19 heavy (non-hydrogen) atoms. The molecule has 0 atom stereocenters. The number of aromatic nitrogens is 2. The predicted molar refractivity (Wildman–Crippen MR) is 73.8 cm³/mol. The second-order valence-corrected chi connectivity index (χ2v) is 3.83. The van der Waals surface area contributed by atoms with Crippen LogP contribution in [0.25, 0.3) is 0 Å². The summed E-state index contributed by atoms with van der Waals surface area (Å²) in [6.45, 7) is 2.64. The monoisotopic (exact) mass is 270 g/mol. The Balaban J connectivity index is 2.43. The lowest BCUT2D eigenvalue weighted by Gasteiger charge is -2.06. The van der Waals surface area contributed by atoms with Crippen LogP contribution in [0.1, 0.15) is 6.42 Å². The molecule has 1 rings (SSSR count). The van der Waals surface area contributed by atoms with Crippen molar-refractivity contribution >= 4 is 11.6 Å². The van der Waals surface area contributed by atoms with Crippen molar-refractivity contribution in [3.8, 4) is 0 Å². The third kappa shape index (κ3) is 6.18. The average Bonchev–Trinajstić information content (AvgIpc) is 2.87. The van der Waals surface area contributed by atoms with Crippen molar-refractivity contribution in [2.45, 2.75) is 13.0 Å². The van der Waals surface area contributed by atoms with Gasteiger partial charge >= 0.3 is 0 Å². The molecule has 0 aliphatic carbocycles. The first kappa shape index (κ1) is 15.4. The second-order valence-electron chi connectivity index (χ2n) is 3.83. The maximum absolute atomic E-state index is 5.40. The molecule has 1 aromatic rings. The zero-order valence-electron chi connectivity index (χ0n) is 11.4. The summed E-state index contributed by atoms with van der Waals surface area (Å²) in [5.74, 6) is 5.90. The van der Waals surface area contributed by atoms with E-state index >= 15 is 0 Å². The standard InChI is InChI=1S/C11H22N6O2/c1-18-6-3-4-13-11(16-12)15-10-8-14-17(9-10)5-7-19-2/h8-9H,3-7,12H2,1-2H3,(H2,13,15,16). The maximum Gasteiger partial charge on any atom is 0.210 e. The molecule has 0 aromatic carbocycles. The average molecular weight is 270 g/mol. The van der Waals surface area contributed by atoms with Crippen LogP contribution in [0, 0.1) is 0 Å². The van der Waals surface area contributed by atoms with E-state index in [1.54, 1.807) is 25.1 Å². The summed E-state index contributed by atoms with van der Waals surface area (Å²) in [6.07, 6.45) is 4.41. The van der Waals surface area contributed by atoms with Crippen LogP contribution in [0.5, 0.6) is 0 Å². The van der Waals surface area contributed by atoms with Crippen molar-refractivity contribution in [2.24, 2.45) is 10.8 Å². The third-order valence-electron chi connectivity index (χ3n) is 2.33. The van der Waals surface area contributed by atoms with E-state index in [2.05, 4.69) is 20.8 Å². The summed E-state index contributed by atoms with van der Waals surface area (Å²) in [5, 5.41) is 7.23. The number of nitrogens with two attached hydrogens (primary N) is 1. The van der Waals surface area contributed by atoms with Crippen LogP contribution >= 0.6 is 0 Å². The number of nitrogens with one attached hydrogen (secondary N) is 2. The Labute approximate surface area is 112 Å². The maximum atomic E-state index is 5.40. The van der Waals surface area contributed by atoms with E-state index in [-0.39, 0.29) is 0 Å². The number of hydrazine groups is 1. The summed E-state index contributed by atoms with van der Waals surface area (Å²) in [5.41, 5.74) is 3.34. The second kappa shape index (κ2) is 9.31. The van der Waals surface area contributed by atoms with Crippen LogP contribution in [-0.2, 0) is 16.0 Å². The van der Waals surface area contributed by atoms with E-state index in [9.17, 15) is 0 Å². The van der Waals surface area contributed by atoms with Gasteiger partial charge in [0.1, 0.15) is 0 Å². The molecule has 8 nitrogen and oxygen atoms in total. The minimum atomic E-state index is 0.502. The molecular weight excluding hydrogens is 248 g/mol. The molecule has 0 amide bonds. The molecule has 0 aliphatic rings. The van der Waals surface area contributed by atoms with Gasteiger partial charge in [0.15, 0.2) is 0 Å². The Morgan fingerprint density at radius 3 is 2.89 bits per heavy atom. The molecule has 1 heterocycles. The van der Waals surface area contributed by atoms with Gasteiger partial charge in [0, 0.05) is 33.6 Å². The van der Waals surface area contributed by atoms with Gasteiger partial charge in [-0.05, 0) is 6.42 Å². The minimum absolute atomic E-state index is 0.502. The molecule has 0 radical (unpaired) electrons. The van der Waals surface area contributed by atoms with Gasteiger partial charge in [-0.2, -0.15) is 5.10 Å². The van der Waals surface area contributed by atoms with Gasteiger partial charge in [0.05, 0.1) is 25.0 Å². The van der Waals surface area contributed by atoms with E-state index in [1.165, 1.54) is 0 Å². The van der Waals surface area contributed by atoms with Crippen molar-refractivity contribution in [1.82, 2.24) is 15.2 Å². The number of hydrogen-bond donors (Lipinski definition) is 3. The third-order valence-corrected chi connectivity index (χ3v) is 2.33. The number of guanidine groups is 1. The number of hydrogen-bond acceptors (Lipinski definition) is 5. The number of aliphatic imine (C=N–C) groups is 1. The first-order valence-electron chi connectivity index (χ1n) is 6.08. The summed E-state index contributed by atoms with van der Waals surface area (Å²) in [4.78, 5) is 4.27. The Hall–Kier alpha value is -1.64. The fraction of sp³-hybridized carbons (Fsp3) is 0.636. The summed E-state index contributed by atoms with van der Waals surface area (Å²) in [7, 11) is 3.32. The van der Waals surface area contributed by atoms with Crippen molar-refractivity contribution in [1.29, 1.82) is 0 Å². The summed E-state index contributed by atoms with van der Waals surface area (Å²) >= 11 is 0. The van der Waals surface area contributed by atoms with Crippen molar-refractivity contribution in [2.75, 3.05) is 39.3 Å². The Kier molecular flexibility index (Phi) is 7.56. The molecule has 0 saturated heterocycles. The van der Waals surface area contributed by atoms with Gasteiger partial charge in [0.25, 0.3) is 0 Å². The van der Waals surface area contributed by atoms with Crippen LogP contribution in [-0.4, -0.2) is 49.7 Å². The molecule has 0 aliphatic heterocycles. The molecule has 8 heteroatoms. The summed E-state index contributed by atoms with van der Waals surface area (Å²) in [6, 6.07) is 0. The van der Waals surface area contributed by atoms with Crippen LogP contribution in [0.4, 0.5) is 5.69 Å². The fourth-order valence-corrected chi connectivity index (χ4v) is 1.39. The van der Waals surface area contributed by atoms with Crippen LogP contribution < -0.4 is 16.6 Å². The number of ether oxygens (including phenoxy) is 2. The van der Waals surface area contributed by atoms with Crippen molar-refractivity contribution in [3.05, 3.63) is 12.4 Å². The van der Waals surface area contributed by atoms with Gasteiger partial charge < -0.3 is 14.8 Å². The molecule has 108 valence electrons. The van der Waals surface area contributed by atoms with Gasteiger partial charge in [-0.15, -0.1) is 0 Å². The Bertz CT molecular complexity index is 379. The Morgan fingerprint density at radius 1 is 1.42 bits per heavy atom. The van der Waals surface area contributed by atoms with Crippen LogP contribution in [0.15, 0.2) is 17.4 Å². The van der Waals surface area contributed by atoms with Crippen LogP contribution in [0.3, 0.4) is 0 Å². The highest BCUT2D eigenvalue weighted by Crippen LogP contribution is 2.04. The first-order chi connectivity index (χ1) is 9.30. The van der Waals surface area contributed by atoms with Gasteiger partial charge in [-0.1, -0.05) is 0 Å². The largest absolute Gasteiger partial charge is 0.385 e. The molecular formula is C11H22N6O2. The Morgan fingerprint density at radius 2 is 2.21 bits per heavy atom. The van der Waals surface area contributed by atoms with Crippen LogP contribution in [0.2, 0.25) is 0 Å². The highest BCUT2D eigenvalue weighted by Gasteiger charge is 2.01. The smallest absolute Gasteiger partial charge is 0.210 e. The van der Waals surface area contributed by atoms with E-state index < -0.39 is 0 Å². The molecule has 0 spiro atoms. The van der Waals surface area contributed by atoms with Crippen molar-refractivity contribution < 1.29 is 9.47 Å². The molecule has 0 unspecified atom stereocenters. The molecule has 4 N–H and O–H groups in total. The molecule has 0 bridgehead atoms. The van der Waals surface area contributed by atoms with Gasteiger partial charge in [-0.25, -0.2) is 5.84 Å². The predicted octanol–water partition coefficient (Wildman–Crippen LogP) is -0.203. The summed E-state index contributed by atoms with van der Waals surface area (Å²) < 4.78 is 11.7. The van der Waals surface area contributed by atoms with E-state index in [4.69, 9.17) is 15.3 Å². The van der Waals surface area contributed by atoms with Gasteiger partial charge in [0.2, 0.25) is 5.96 Å². The normalized spacial score (nSPS) is 11.6. The zero-order valence-corrected chi connectivity index (χ0v) is 11.4. The zero-order chi connectivity index (χ0) is 13.9. The number of nitrogens with zero attached hydrogens (tertiary/aromatic N) is 3. The fourth-order valence-electron chi connectivity index (χ4n) is 1.39. The quantitative estimate of drug-likeness (QED) is 0.199.